The maximum absolute atomic E-state index is 5.71. The van der Waals surface area contributed by atoms with Gasteiger partial charge in [0.1, 0.15) is 0 Å². The van der Waals surface area contributed by atoms with Crippen LogP contribution >= 0.6 is 0 Å². The van der Waals surface area contributed by atoms with Gasteiger partial charge in [-0.15, -0.1) is 0 Å². The Labute approximate surface area is 99.4 Å². The van der Waals surface area contributed by atoms with E-state index in [2.05, 4.69) is 52.0 Å². The lowest BCUT2D eigenvalue weighted by Crippen LogP contribution is -2.13. The number of benzene rings is 1. The summed E-state index contributed by atoms with van der Waals surface area (Å²) in [5, 5.41) is 0. The first-order valence-corrected chi connectivity index (χ1v) is 6.01. The molecule has 0 radical (unpaired) electrons. The SMILES string of the molecule is Cc1ccc(/C=C/CCC(C)N)c(C)c1C. The first kappa shape index (κ1) is 13.0. The zero-order valence-electron chi connectivity index (χ0n) is 10.9. The number of rotatable bonds is 4. The fraction of sp³-hybridized carbons (Fsp3) is 0.467. The molecule has 1 unspecified atom stereocenters. The van der Waals surface area contributed by atoms with Crippen LogP contribution in [0, 0.1) is 20.8 Å². The summed E-state index contributed by atoms with van der Waals surface area (Å²) in [6.45, 7) is 8.58. The average Bonchev–Trinajstić information content (AvgIpc) is 2.23. The molecule has 0 saturated heterocycles. The van der Waals surface area contributed by atoms with Crippen molar-refractivity contribution in [2.24, 2.45) is 5.73 Å². The van der Waals surface area contributed by atoms with Crippen LogP contribution in [0.2, 0.25) is 0 Å². The summed E-state index contributed by atoms with van der Waals surface area (Å²) in [7, 11) is 0. The summed E-state index contributed by atoms with van der Waals surface area (Å²) in [5.74, 6) is 0. The van der Waals surface area contributed by atoms with Crippen LogP contribution < -0.4 is 5.73 Å². The molecule has 1 nitrogen and oxygen atoms in total. The highest BCUT2D eigenvalue weighted by atomic mass is 14.6. The first-order valence-electron chi connectivity index (χ1n) is 6.01. The molecule has 1 rings (SSSR count). The molecule has 0 aliphatic rings. The predicted molar refractivity (Wildman–Crippen MR) is 72.6 cm³/mol. The van der Waals surface area contributed by atoms with E-state index in [0.717, 1.165) is 12.8 Å². The van der Waals surface area contributed by atoms with E-state index in [1.165, 1.54) is 22.3 Å². The van der Waals surface area contributed by atoms with Gasteiger partial charge in [-0.3, -0.25) is 0 Å². The summed E-state index contributed by atoms with van der Waals surface area (Å²) >= 11 is 0. The van der Waals surface area contributed by atoms with Crippen LogP contribution in [-0.4, -0.2) is 6.04 Å². The number of hydrogen-bond acceptors (Lipinski definition) is 1. The van der Waals surface area contributed by atoms with Gasteiger partial charge in [-0.25, -0.2) is 0 Å². The van der Waals surface area contributed by atoms with Gasteiger partial charge >= 0.3 is 0 Å². The fourth-order valence-electron chi connectivity index (χ4n) is 1.73. The van der Waals surface area contributed by atoms with E-state index >= 15 is 0 Å². The van der Waals surface area contributed by atoms with E-state index in [1.807, 2.05) is 0 Å². The predicted octanol–water partition coefficient (Wildman–Crippen LogP) is 3.75. The Morgan fingerprint density at radius 3 is 2.50 bits per heavy atom. The van der Waals surface area contributed by atoms with E-state index in [4.69, 9.17) is 5.73 Å². The van der Waals surface area contributed by atoms with Crippen molar-refractivity contribution < 1.29 is 0 Å². The van der Waals surface area contributed by atoms with Crippen LogP contribution in [0.25, 0.3) is 6.08 Å². The third-order valence-electron chi connectivity index (χ3n) is 3.19. The van der Waals surface area contributed by atoms with Gasteiger partial charge in [0.25, 0.3) is 0 Å². The van der Waals surface area contributed by atoms with Crippen LogP contribution in [0.4, 0.5) is 0 Å². The Kier molecular flexibility index (Phi) is 4.75. The summed E-state index contributed by atoms with van der Waals surface area (Å²) in [6.07, 6.45) is 6.55. The fourth-order valence-corrected chi connectivity index (χ4v) is 1.73. The van der Waals surface area contributed by atoms with Crippen LogP contribution in [0.15, 0.2) is 18.2 Å². The number of nitrogens with two attached hydrogens (primary N) is 1. The van der Waals surface area contributed by atoms with E-state index in [-0.39, 0.29) is 0 Å². The number of hydrogen-bond donors (Lipinski definition) is 1. The molecule has 1 aromatic carbocycles. The molecule has 1 aromatic rings. The second-order valence-electron chi connectivity index (χ2n) is 4.68. The Morgan fingerprint density at radius 2 is 1.88 bits per heavy atom. The molecule has 0 fully saturated rings. The van der Waals surface area contributed by atoms with Crippen molar-refractivity contribution >= 4 is 6.08 Å². The molecular formula is C15H23N. The third-order valence-corrected chi connectivity index (χ3v) is 3.19. The van der Waals surface area contributed by atoms with Crippen LogP contribution in [0.1, 0.15) is 42.0 Å². The average molecular weight is 217 g/mol. The van der Waals surface area contributed by atoms with E-state index in [1.54, 1.807) is 0 Å². The van der Waals surface area contributed by atoms with Gasteiger partial charge < -0.3 is 5.73 Å². The maximum atomic E-state index is 5.71. The molecule has 0 spiro atoms. The molecule has 2 N–H and O–H groups in total. The van der Waals surface area contributed by atoms with Crippen LogP contribution in [-0.2, 0) is 0 Å². The molecule has 1 heteroatoms. The molecule has 0 saturated carbocycles. The number of allylic oxidation sites excluding steroid dienone is 1. The third kappa shape index (κ3) is 3.49. The monoisotopic (exact) mass is 217 g/mol. The first-order chi connectivity index (χ1) is 7.52. The van der Waals surface area contributed by atoms with Crippen molar-refractivity contribution in [3.05, 3.63) is 40.5 Å². The highest BCUT2D eigenvalue weighted by molar-refractivity contribution is 5.56. The van der Waals surface area contributed by atoms with Gasteiger partial charge in [-0.05, 0) is 62.8 Å². The van der Waals surface area contributed by atoms with Crippen molar-refractivity contribution in [3.8, 4) is 0 Å². The van der Waals surface area contributed by atoms with Crippen LogP contribution in [0.5, 0.6) is 0 Å². The van der Waals surface area contributed by atoms with Crippen molar-refractivity contribution in [2.45, 2.75) is 46.6 Å². The standard InChI is InChI=1S/C15H23N/c1-11-9-10-15(14(4)13(11)3)8-6-5-7-12(2)16/h6,8-10,12H,5,7,16H2,1-4H3/b8-6+. The lowest BCUT2D eigenvalue weighted by molar-refractivity contribution is 0.677. The van der Waals surface area contributed by atoms with E-state index in [0.29, 0.717) is 6.04 Å². The summed E-state index contributed by atoms with van der Waals surface area (Å²) < 4.78 is 0. The second-order valence-corrected chi connectivity index (χ2v) is 4.68. The molecule has 0 aromatic heterocycles. The topological polar surface area (TPSA) is 26.0 Å². The lowest BCUT2D eigenvalue weighted by atomic mass is 9.98. The minimum Gasteiger partial charge on any atom is -0.328 e. The Bertz CT molecular complexity index is 375. The highest BCUT2D eigenvalue weighted by Crippen LogP contribution is 2.18. The zero-order chi connectivity index (χ0) is 12.1. The Balaban J connectivity index is 2.71. The van der Waals surface area contributed by atoms with E-state index < -0.39 is 0 Å². The summed E-state index contributed by atoms with van der Waals surface area (Å²) in [4.78, 5) is 0. The van der Waals surface area contributed by atoms with Crippen molar-refractivity contribution in [3.63, 3.8) is 0 Å². The van der Waals surface area contributed by atoms with Gasteiger partial charge in [0.05, 0.1) is 0 Å². The molecule has 1 atom stereocenters. The molecule has 0 amide bonds. The van der Waals surface area contributed by atoms with Crippen molar-refractivity contribution in [1.29, 1.82) is 0 Å². The minimum absolute atomic E-state index is 0.297. The van der Waals surface area contributed by atoms with Gasteiger partial charge in [0.15, 0.2) is 0 Å². The molecule has 16 heavy (non-hydrogen) atoms. The molecule has 0 bridgehead atoms. The summed E-state index contributed by atoms with van der Waals surface area (Å²) in [6, 6.07) is 4.68. The molecular weight excluding hydrogens is 194 g/mol. The smallest absolute Gasteiger partial charge is 0.00134 e. The minimum atomic E-state index is 0.297. The largest absolute Gasteiger partial charge is 0.328 e. The Hall–Kier alpha value is -1.08. The molecule has 0 aliphatic carbocycles. The van der Waals surface area contributed by atoms with Gasteiger partial charge in [-0.1, -0.05) is 24.3 Å². The Morgan fingerprint density at radius 1 is 1.19 bits per heavy atom. The van der Waals surface area contributed by atoms with Crippen molar-refractivity contribution in [2.75, 3.05) is 0 Å². The van der Waals surface area contributed by atoms with Crippen LogP contribution in [0.3, 0.4) is 0 Å². The molecule has 0 aliphatic heterocycles. The lowest BCUT2D eigenvalue weighted by Gasteiger charge is -2.08. The second kappa shape index (κ2) is 5.86. The summed E-state index contributed by atoms with van der Waals surface area (Å²) in [5.41, 5.74) is 11.2. The van der Waals surface area contributed by atoms with Gasteiger partial charge in [0.2, 0.25) is 0 Å². The van der Waals surface area contributed by atoms with Gasteiger partial charge in [-0.2, -0.15) is 0 Å². The van der Waals surface area contributed by atoms with Gasteiger partial charge in [0, 0.05) is 6.04 Å². The van der Waals surface area contributed by atoms with E-state index in [9.17, 15) is 0 Å². The molecule has 88 valence electrons. The maximum Gasteiger partial charge on any atom is 0.00134 e. The quantitative estimate of drug-likeness (QED) is 0.816. The highest BCUT2D eigenvalue weighted by Gasteiger charge is 2.00. The number of aryl methyl sites for hydroxylation is 1. The normalized spacial score (nSPS) is 13.3. The zero-order valence-corrected chi connectivity index (χ0v) is 10.9. The van der Waals surface area contributed by atoms with Crippen molar-refractivity contribution in [1.82, 2.24) is 0 Å². The molecule has 0 heterocycles.